The van der Waals surface area contributed by atoms with Gasteiger partial charge in [0, 0.05) is 25.5 Å². The normalized spacial score (nSPS) is 10.4. The molecule has 1 rings (SSSR count). The molecule has 96 valence electrons. The van der Waals surface area contributed by atoms with E-state index in [4.69, 9.17) is 0 Å². The van der Waals surface area contributed by atoms with E-state index >= 15 is 0 Å². The average Bonchev–Trinajstić information content (AvgIpc) is 2.84. The molecule has 1 heterocycles. The summed E-state index contributed by atoms with van der Waals surface area (Å²) >= 11 is 0. The van der Waals surface area contributed by atoms with Crippen LogP contribution in [0.3, 0.4) is 0 Å². The van der Waals surface area contributed by atoms with E-state index in [1.807, 2.05) is 19.4 Å². The van der Waals surface area contributed by atoms with Crippen LogP contribution in [-0.2, 0) is 11.3 Å². The zero-order valence-electron chi connectivity index (χ0n) is 10.5. The highest BCUT2D eigenvalue weighted by atomic mass is 16.1. The standard InChI is InChI=1S/C12H22N4O/c1-2-5-15-12(17)10-13-6-3-4-8-16-9-7-14-11-16/h7,9,11,13H,2-6,8,10H2,1H3,(H,15,17). The summed E-state index contributed by atoms with van der Waals surface area (Å²) in [6, 6.07) is 0. The van der Waals surface area contributed by atoms with Gasteiger partial charge in [0.1, 0.15) is 0 Å². The van der Waals surface area contributed by atoms with E-state index in [-0.39, 0.29) is 5.91 Å². The van der Waals surface area contributed by atoms with Gasteiger partial charge in [-0.1, -0.05) is 6.92 Å². The van der Waals surface area contributed by atoms with Gasteiger partial charge in [-0.05, 0) is 25.8 Å². The Morgan fingerprint density at radius 2 is 2.24 bits per heavy atom. The molecule has 0 aliphatic carbocycles. The average molecular weight is 238 g/mol. The van der Waals surface area contributed by atoms with Crippen molar-refractivity contribution in [3.8, 4) is 0 Å². The van der Waals surface area contributed by atoms with Crippen LogP contribution in [0.4, 0.5) is 0 Å². The molecule has 0 aliphatic rings. The van der Waals surface area contributed by atoms with Gasteiger partial charge in [-0.2, -0.15) is 0 Å². The highest BCUT2D eigenvalue weighted by Gasteiger charge is 1.98. The van der Waals surface area contributed by atoms with E-state index in [2.05, 4.69) is 20.2 Å². The molecule has 0 atom stereocenters. The van der Waals surface area contributed by atoms with Crippen molar-refractivity contribution in [1.82, 2.24) is 20.2 Å². The van der Waals surface area contributed by atoms with Gasteiger partial charge in [0.25, 0.3) is 0 Å². The lowest BCUT2D eigenvalue weighted by Gasteiger charge is -2.06. The maximum Gasteiger partial charge on any atom is 0.233 e. The molecule has 17 heavy (non-hydrogen) atoms. The second-order valence-electron chi connectivity index (χ2n) is 4.03. The molecule has 1 amide bonds. The Hall–Kier alpha value is -1.36. The van der Waals surface area contributed by atoms with Crippen molar-refractivity contribution in [2.45, 2.75) is 32.7 Å². The highest BCUT2D eigenvalue weighted by Crippen LogP contribution is 1.93. The number of aromatic nitrogens is 2. The van der Waals surface area contributed by atoms with Crippen molar-refractivity contribution in [2.75, 3.05) is 19.6 Å². The van der Waals surface area contributed by atoms with Crippen molar-refractivity contribution in [3.05, 3.63) is 18.7 Å². The summed E-state index contributed by atoms with van der Waals surface area (Å²) in [6.07, 6.45) is 8.73. The minimum atomic E-state index is 0.0847. The fourth-order valence-corrected chi connectivity index (χ4v) is 1.49. The van der Waals surface area contributed by atoms with Crippen molar-refractivity contribution < 1.29 is 4.79 Å². The summed E-state index contributed by atoms with van der Waals surface area (Å²) in [6.45, 7) is 5.11. The fraction of sp³-hybridized carbons (Fsp3) is 0.667. The summed E-state index contributed by atoms with van der Waals surface area (Å²) in [5, 5.41) is 5.97. The van der Waals surface area contributed by atoms with Gasteiger partial charge in [-0.3, -0.25) is 4.79 Å². The van der Waals surface area contributed by atoms with E-state index in [1.54, 1.807) is 6.20 Å². The van der Waals surface area contributed by atoms with Crippen LogP contribution in [0.1, 0.15) is 26.2 Å². The molecule has 0 spiro atoms. The molecular formula is C12H22N4O. The molecule has 0 radical (unpaired) electrons. The first kappa shape index (κ1) is 13.7. The number of unbranched alkanes of at least 4 members (excludes halogenated alkanes) is 1. The van der Waals surface area contributed by atoms with Crippen molar-refractivity contribution in [1.29, 1.82) is 0 Å². The topological polar surface area (TPSA) is 59.0 Å². The van der Waals surface area contributed by atoms with E-state index in [0.29, 0.717) is 6.54 Å². The van der Waals surface area contributed by atoms with Crippen LogP contribution in [0.5, 0.6) is 0 Å². The lowest BCUT2D eigenvalue weighted by molar-refractivity contribution is -0.120. The van der Waals surface area contributed by atoms with E-state index in [1.165, 1.54) is 0 Å². The number of carbonyl (C=O) groups is 1. The van der Waals surface area contributed by atoms with Crippen molar-refractivity contribution in [3.63, 3.8) is 0 Å². The van der Waals surface area contributed by atoms with Crippen LogP contribution in [0, 0.1) is 0 Å². The Labute approximate surface area is 103 Å². The molecule has 0 aliphatic heterocycles. The van der Waals surface area contributed by atoms with Gasteiger partial charge in [0.05, 0.1) is 12.9 Å². The Kier molecular flexibility index (Phi) is 7.06. The predicted molar refractivity (Wildman–Crippen MR) is 67.6 cm³/mol. The number of hydrogen-bond acceptors (Lipinski definition) is 3. The minimum Gasteiger partial charge on any atom is -0.355 e. The molecule has 0 aromatic carbocycles. The zero-order chi connectivity index (χ0) is 12.3. The summed E-state index contributed by atoms with van der Waals surface area (Å²) in [5.41, 5.74) is 0. The Balaban J connectivity index is 1.89. The van der Waals surface area contributed by atoms with E-state index in [0.717, 1.165) is 38.9 Å². The van der Waals surface area contributed by atoms with Crippen molar-refractivity contribution >= 4 is 5.91 Å². The van der Waals surface area contributed by atoms with Crippen LogP contribution in [0.2, 0.25) is 0 Å². The zero-order valence-corrected chi connectivity index (χ0v) is 10.5. The lowest BCUT2D eigenvalue weighted by Crippen LogP contribution is -2.34. The Morgan fingerprint density at radius 3 is 2.94 bits per heavy atom. The third-order valence-corrected chi connectivity index (χ3v) is 2.44. The molecule has 0 unspecified atom stereocenters. The maximum atomic E-state index is 11.2. The molecule has 2 N–H and O–H groups in total. The third-order valence-electron chi connectivity index (χ3n) is 2.44. The lowest BCUT2D eigenvalue weighted by atomic mass is 10.3. The van der Waals surface area contributed by atoms with Gasteiger partial charge in [0.15, 0.2) is 0 Å². The quantitative estimate of drug-likeness (QED) is 0.625. The molecule has 0 saturated carbocycles. The number of nitrogens with one attached hydrogen (secondary N) is 2. The number of nitrogens with zero attached hydrogens (tertiary/aromatic N) is 2. The van der Waals surface area contributed by atoms with Gasteiger partial charge in [-0.15, -0.1) is 0 Å². The number of rotatable bonds is 9. The first-order chi connectivity index (χ1) is 8.33. The number of imidazole rings is 1. The van der Waals surface area contributed by atoms with Crippen LogP contribution < -0.4 is 10.6 Å². The second kappa shape index (κ2) is 8.75. The van der Waals surface area contributed by atoms with E-state index in [9.17, 15) is 4.79 Å². The van der Waals surface area contributed by atoms with Gasteiger partial charge < -0.3 is 15.2 Å². The van der Waals surface area contributed by atoms with Crippen LogP contribution >= 0.6 is 0 Å². The van der Waals surface area contributed by atoms with Gasteiger partial charge >= 0.3 is 0 Å². The Morgan fingerprint density at radius 1 is 1.35 bits per heavy atom. The molecule has 0 fully saturated rings. The summed E-state index contributed by atoms with van der Waals surface area (Å²) in [5.74, 6) is 0.0847. The number of carbonyl (C=O) groups excluding carboxylic acids is 1. The van der Waals surface area contributed by atoms with Crippen molar-refractivity contribution in [2.24, 2.45) is 0 Å². The molecule has 0 saturated heterocycles. The van der Waals surface area contributed by atoms with E-state index < -0.39 is 0 Å². The molecule has 5 nitrogen and oxygen atoms in total. The molecular weight excluding hydrogens is 216 g/mol. The Bertz CT molecular complexity index is 297. The monoisotopic (exact) mass is 238 g/mol. The number of hydrogen-bond donors (Lipinski definition) is 2. The van der Waals surface area contributed by atoms with Crippen LogP contribution in [0.25, 0.3) is 0 Å². The number of amides is 1. The first-order valence-corrected chi connectivity index (χ1v) is 6.26. The van der Waals surface area contributed by atoms with Gasteiger partial charge in [0.2, 0.25) is 5.91 Å². The molecule has 1 aromatic rings. The summed E-state index contributed by atoms with van der Waals surface area (Å²) in [7, 11) is 0. The fourth-order valence-electron chi connectivity index (χ4n) is 1.49. The van der Waals surface area contributed by atoms with Crippen LogP contribution in [-0.4, -0.2) is 35.1 Å². The molecule has 1 aromatic heterocycles. The van der Waals surface area contributed by atoms with Gasteiger partial charge in [-0.25, -0.2) is 4.98 Å². The molecule has 5 heteroatoms. The second-order valence-corrected chi connectivity index (χ2v) is 4.03. The summed E-state index contributed by atoms with van der Waals surface area (Å²) < 4.78 is 2.06. The first-order valence-electron chi connectivity index (χ1n) is 6.26. The highest BCUT2D eigenvalue weighted by molar-refractivity contribution is 5.77. The maximum absolute atomic E-state index is 11.2. The number of aryl methyl sites for hydroxylation is 1. The molecule has 0 bridgehead atoms. The SMILES string of the molecule is CCCNC(=O)CNCCCCn1ccnc1. The predicted octanol–water partition coefficient (Wildman–Crippen LogP) is 0.779. The minimum absolute atomic E-state index is 0.0847. The van der Waals surface area contributed by atoms with Crippen LogP contribution in [0.15, 0.2) is 18.7 Å². The third kappa shape index (κ3) is 6.73. The summed E-state index contributed by atoms with van der Waals surface area (Å²) in [4.78, 5) is 15.2. The smallest absolute Gasteiger partial charge is 0.233 e. The largest absolute Gasteiger partial charge is 0.355 e.